The Morgan fingerprint density at radius 3 is 2.53 bits per heavy atom. The molecule has 34 heavy (non-hydrogen) atoms. The smallest absolute Gasteiger partial charge is 0.0795 e. The van der Waals surface area contributed by atoms with E-state index in [1.54, 1.807) is 0 Å². The van der Waals surface area contributed by atoms with Gasteiger partial charge in [0.25, 0.3) is 0 Å². The topological polar surface area (TPSA) is 37.4 Å². The molecule has 0 spiro atoms. The van der Waals surface area contributed by atoms with Gasteiger partial charge in [-0.2, -0.15) is 0 Å². The van der Waals surface area contributed by atoms with Crippen LogP contribution in [0, 0.1) is 23.7 Å². The first-order valence-electron chi connectivity index (χ1n) is 14.5. The third-order valence-electron chi connectivity index (χ3n) is 11.2. The van der Waals surface area contributed by atoms with Gasteiger partial charge in [-0.05, 0) is 89.4 Å². The summed E-state index contributed by atoms with van der Waals surface area (Å²) in [6.45, 7) is 7.38. The molecule has 0 saturated carbocycles. The SMILES string of the molecule is COCC1C(C2CC3C(C(OC)C4C(OC)CC5CCCN54)CCN3C2)CCN2CCCCC12. The van der Waals surface area contributed by atoms with Crippen LogP contribution in [0.5, 0.6) is 0 Å². The zero-order valence-corrected chi connectivity index (χ0v) is 21.9. The number of rotatable bonds is 7. The van der Waals surface area contributed by atoms with Crippen molar-refractivity contribution in [2.45, 2.75) is 94.2 Å². The van der Waals surface area contributed by atoms with Crippen molar-refractivity contribution in [2.75, 3.05) is 60.7 Å². The molecule has 10 unspecified atom stereocenters. The van der Waals surface area contributed by atoms with Crippen molar-refractivity contribution in [3.8, 4) is 0 Å². The van der Waals surface area contributed by atoms with E-state index in [0.717, 1.165) is 36.4 Å². The molecule has 6 heteroatoms. The van der Waals surface area contributed by atoms with Crippen LogP contribution in [0.25, 0.3) is 0 Å². The molecule has 10 atom stereocenters. The molecule has 0 bridgehead atoms. The second kappa shape index (κ2) is 10.3. The molecular formula is C28H49N3O3. The lowest BCUT2D eigenvalue weighted by atomic mass is 9.69. The van der Waals surface area contributed by atoms with Crippen LogP contribution in [0.4, 0.5) is 0 Å². The molecule has 6 aliphatic heterocycles. The molecule has 0 aromatic carbocycles. The molecule has 0 N–H and O–H groups in total. The Kier molecular flexibility index (Phi) is 7.28. The number of piperidine rings is 2. The lowest BCUT2D eigenvalue weighted by Gasteiger charge is -2.49. The van der Waals surface area contributed by atoms with Gasteiger partial charge in [0.05, 0.1) is 24.9 Å². The van der Waals surface area contributed by atoms with Gasteiger partial charge in [0.15, 0.2) is 0 Å². The number of fused-ring (bicyclic) bond motifs is 3. The van der Waals surface area contributed by atoms with Gasteiger partial charge in [0, 0.05) is 57.8 Å². The first-order valence-corrected chi connectivity index (χ1v) is 14.5. The minimum atomic E-state index is 0.303. The Morgan fingerprint density at radius 2 is 1.71 bits per heavy atom. The quantitative estimate of drug-likeness (QED) is 0.563. The van der Waals surface area contributed by atoms with Crippen molar-refractivity contribution in [2.24, 2.45) is 23.7 Å². The Balaban J connectivity index is 1.17. The molecule has 0 aromatic heterocycles. The monoisotopic (exact) mass is 475 g/mol. The van der Waals surface area contributed by atoms with Gasteiger partial charge < -0.3 is 19.1 Å². The van der Waals surface area contributed by atoms with Crippen LogP contribution >= 0.6 is 0 Å². The van der Waals surface area contributed by atoms with E-state index in [4.69, 9.17) is 14.2 Å². The largest absolute Gasteiger partial charge is 0.384 e. The van der Waals surface area contributed by atoms with E-state index in [9.17, 15) is 0 Å². The lowest BCUT2D eigenvalue weighted by Crippen LogP contribution is -2.54. The Morgan fingerprint density at radius 1 is 0.824 bits per heavy atom. The van der Waals surface area contributed by atoms with E-state index < -0.39 is 0 Å². The summed E-state index contributed by atoms with van der Waals surface area (Å²) in [5.74, 6) is 3.02. The maximum atomic E-state index is 6.40. The normalized spacial score (nSPS) is 46.5. The number of hydrogen-bond acceptors (Lipinski definition) is 6. The van der Waals surface area contributed by atoms with Crippen LogP contribution in [-0.2, 0) is 14.2 Å². The van der Waals surface area contributed by atoms with Crippen LogP contribution in [-0.4, -0.2) is 112 Å². The first-order chi connectivity index (χ1) is 16.7. The van der Waals surface area contributed by atoms with Crippen molar-refractivity contribution in [3.63, 3.8) is 0 Å². The van der Waals surface area contributed by atoms with E-state index in [2.05, 4.69) is 14.7 Å². The average Bonchev–Trinajstić information content (AvgIpc) is 3.62. The summed E-state index contributed by atoms with van der Waals surface area (Å²) >= 11 is 0. The summed E-state index contributed by atoms with van der Waals surface area (Å²) in [6, 6.07) is 2.62. The highest BCUT2D eigenvalue weighted by atomic mass is 16.5. The zero-order valence-electron chi connectivity index (χ0n) is 21.9. The molecule has 6 aliphatic rings. The summed E-state index contributed by atoms with van der Waals surface area (Å²) < 4.78 is 18.3. The molecule has 6 heterocycles. The van der Waals surface area contributed by atoms with Crippen LogP contribution in [0.2, 0.25) is 0 Å². The highest BCUT2D eigenvalue weighted by molar-refractivity contribution is 5.08. The summed E-state index contributed by atoms with van der Waals surface area (Å²) in [7, 11) is 5.82. The standard InChI is InChI=1S/C28H49N3O3/c1-32-18-23-21(9-13-29-11-5-4-8-24(23)29)19-15-25-22(10-14-30(25)17-19)28(34-3)27-26(33-2)16-20-7-6-12-31(20)27/h19-28H,4-18H2,1-3H3. The van der Waals surface area contributed by atoms with Gasteiger partial charge >= 0.3 is 0 Å². The highest BCUT2D eigenvalue weighted by Gasteiger charge is 2.55. The number of nitrogens with zero attached hydrogens (tertiary/aromatic N) is 3. The van der Waals surface area contributed by atoms with Gasteiger partial charge in [-0.25, -0.2) is 0 Å². The number of hydrogen-bond donors (Lipinski definition) is 0. The zero-order chi connectivity index (χ0) is 23.2. The minimum absolute atomic E-state index is 0.303. The van der Waals surface area contributed by atoms with Gasteiger partial charge in [-0.15, -0.1) is 0 Å². The predicted octanol–water partition coefficient (Wildman–Crippen LogP) is 3.10. The molecule has 6 rings (SSSR count). The van der Waals surface area contributed by atoms with Crippen LogP contribution in [0.1, 0.15) is 57.8 Å². The molecule has 0 amide bonds. The fourth-order valence-electron chi connectivity index (χ4n) is 9.81. The highest BCUT2D eigenvalue weighted by Crippen LogP contribution is 2.48. The predicted molar refractivity (Wildman–Crippen MR) is 134 cm³/mol. The van der Waals surface area contributed by atoms with Gasteiger partial charge in [0.1, 0.15) is 0 Å². The van der Waals surface area contributed by atoms with Gasteiger partial charge in [-0.3, -0.25) is 9.80 Å². The fourth-order valence-corrected chi connectivity index (χ4v) is 9.81. The van der Waals surface area contributed by atoms with Crippen molar-refractivity contribution in [3.05, 3.63) is 0 Å². The molecule has 6 nitrogen and oxygen atoms in total. The maximum Gasteiger partial charge on any atom is 0.0795 e. The van der Waals surface area contributed by atoms with Crippen LogP contribution < -0.4 is 0 Å². The molecule has 194 valence electrons. The van der Waals surface area contributed by atoms with E-state index in [1.807, 2.05) is 21.3 Å². The number of ether oxygens (including phenoxy) is 3. The van der Waals surface area contributed by atoms with Crippen molar-refractivity contribution >= 4 is 0 Å². The molecular weight excluding hydrogens is 426 g/mol. The Hall–Kier alpha value is -0.240. The third-order valence-corrected chi connectivity index (χ3v) is 11.2. The van der Waals surface area contributed by atoms with Crippen LogP contribution in [0.3, 0.4) is 0 Å². The Bertz CT molecular complexity index is 694. The second-order valence-electron chi connectivity index (χ2n) is 12.4. The van der Waals surface area contributed by atoms with Crippen LogP contribution in [0.15, 0.2) is 0 Å². The molecule has 0 aromatic rings. The van der Waals surface area contributed by atoms with Gasteiger partial charge in [0.2, 0.25) is 0 Å². The molecule has 0 radical (unpaired) electrons. The molecule has 0 aliphatic carbocycles. The second-order valence-corrected chi connectivity index (χ2v) is 12.4. The summed E-state index contributed by atoms with van der Waals surface area (Å²) in [6.07, 6.45) is 12.7. The maximum absolute atomic E-state index is 6.40. The van der Waals surface area contributed by atoms with Crippen molar-refractivity contribution in [1.82, 2.24) is 14.7 Å². The van der Waals surface area contributed by atoms with Crippen molar-refractivity contribution < 1.29 is 14.2 Å². The van der Waals surface area contributed by atoms with Crippen molar-refractivity contribution in [1.29, 1.82) is 0 Å². The Labute approximate surface area is 207 Å². The third kappa shape index (κ3) is 4.09. The minimum Gasteiger partial charge on any atom is -0.384 e. The van der Waals surface area contributed by atoms with E-state index in [1.165, 1.54) is 90.5 Å². The summed E-state index contributed by atoms with van der Waals surface area (Å²) in [4.78, 5) is 8.43. The van der Waals surface area contributed by atoms with Gasteiger partial charge in [-0.1, -0.05) is 6.42 Å². The number of methoxy groups -OCH3 is 3. The molecule has 6 fully saturated rings. The fraction of sp³-hybridized carbons (Fsp3) is 1.00. The average molecular weight is 476 g/mol. The first kappa shape index (κ1) is 24.1. The van der Waals surface area contributed by atoms with E-state index >= 15 is 0 Å². The lowest BCUT2D eigenvalue weighted by molar-refractivity contribution is -0.0582. The summed E-state index contributed by atoms with van der Waals surface area (Å²) in [5.41, 5.74) is 0. The van der Waals surface area contributed by atoms with E-state index in [0.29, 0.717) is 30.2 Å². The molecule has 6 saturated heterocycles. The van der Waals surface area contributed by atoms with E-state index in [-0.39, 0.29) is 0 Å². The summed E-state index contributed by atoms with van der Waals surface area (Å²) in [5, 5.41) is 0.